The number of carbonyl (C=O) groups excluding carboxylic acids is 1. The molecule has 0 radical (unpaired) electrons. The highest BCUT2D eigenvalue weighted by molar-refractivity contribution is 5.79. The first-order valence-electron chi connectivity index (χ1n) is 5.53. The summed E-state index contributed by atoms with van der Waals surface area (Å²) in [5.41, 5.74) is 1.22. The Morgan fingerprint density at radius 1 is 1.33 bits per heavy atom. The summed E-state index contributed by atoms with van der Waals surface area (Å²) in [6.07, 6.45) is 0.706. The van der Waals surface area contributed by atoms with Crippen LogP contribution in [0.25, 0.3) is 0 Å². The number of benzene rings is 1. The van der Waals surface area contributed by atoms with Gasteiger partial charge in [0.2, 0.25) is 5.91 Å². The molecular formula is C13H17NO. The quantitative estimate of drug-likeness (QED) is 0.723. The molecule has 1 amide bonds. The first kappa shape index (κ1) is 10.2. The van der Waals surface area contributed by atoms with E-state index < -0.39 is 0 Å². The van der Waals surface area contributed by atoms with Gasteiger partial charge in [0.05, 0.1) is 6.04 Å². The molecular weight excluding hydrogens is 186 g/mol. The van der Waals surface area contributed by atoms with Gasteiger partial charge in [-0.3, -0.25) is 4.79 Å². The average molecular weight is 203 g/mol. The van der Waals surface area contributed by atoms with Crippen LogP contribution in [0, 0.1) is 5.92 Å². The maximum absolute atomic E-state index is 11.7. The van der Waals surface area contributed by atoms with Gasteiger partial charge < -0.3 is 4.90 Å². The highest BCUT2D eigenvalue weighted by atomic mass is 16.2. The molecule has 2 atom stereocenters. The number of likely N-dealkylation sites (tertiary alicyclic amines) is 1. The Hall–Kier alpha value is -1.31. The minimum atomic E-state index is 0.212. The lowest BCUT2D eigenvalue weighted by atomic mass is 10.1. The second-order valence-electron chi connectivity index (χ2n) is 4.44. The summed E-state index contributed by atoms with van der Waals surface area (Å²) in [5.74, 6) is 0.794. The predicted octanol–water partition coefficient (Wildman–Crippen LogP) is 2.62. The van der Waals surface area contributed by atoms with Crippen molar-refractivity contribution >= 4 is 5.91 Å². The molecule has 2 heteroatoms. The standard InChI is InChI=1S/C13H17NO/c1-10-8-13(15)14(9-10)11(2)12-6-4-3-5-7-12/h3-7,10-11H,8-9H2,1-2H3/t10?,11-/m0/s1. The lowest BCUT2D eigenvalue weighted by Crippen LogP contribution is -2.28. The molecule has 0 aliphatic carbocycles. The molecule has 1 unspecified atom stereocenters. The van der Waals surface area contributed by atoms with Crippen molar-refractivity contribution in [3.8, 4) is 0 Å². The van der Waals surface area contributed by atoms with Gasteiger partial charge in [0.1, 0.15) is 0 Å². The van der Waals surface area contributed by atoms with Crippen LogP contribution in [-0.4, -0.2) is 17.4 Å². The molecule has 1 aliphatic rings. The molecule has 1 saturated heterocycles. The average Bonchev–Trinajstić information content (AvgIpc) is 2.58. The highest BCUT2D eigenvalue weighted by Crippen LogP contribution is 2.27. The molecule has 1 fully saturated rings. The number of hydrogen-bond acceptors (Lipinski definition) is 1. The third kappa shape index (κ3) is 2.04. The fourth-order valence-corrected chi connectivity index (χ4v) is 2.20. The fraction of sp³-hybridized carbons (Fsp3) is 0.462. The SMILES string of the molecule is CC1CC(=O)N([C@@H](C)c2ccccc2)C1. The summed E-state index contributed by atoms with van der Waals surface area (Å²) >= 11 is 0. The lowest BCUT2D eigenvalue weighted by molar-refractivity contribution is -0.129. The first-order chi connectivity index (χ1) is 7.18. The van der Waals surface area contributed by atoms with E-state index >= 15 is 0 Å². The van der Waals surface area contributed by atoms with Crippen molar-refractivity contribution < 1.29 is 4.79 Å². The molecule has 1 heterocycles. The summed E-state index contributed by atoms with van der Waals surface area (Å²) in [6.45, 7) is 5.13. The van der Waals surface area contributed by atoms with Gasteiger partial charge in [0.15, 0.2) is 0 Å². The van der Waals surface area contributed by atoms with E-state index in [4.69, 9.17) is 0 Å². The van der Waals surface area contributed by atoms with Gasteiger partial charge in [-0.2, -0.15) is 0 Å². The van der Waals surface area contributed by atoms with Crippen molar-refractivity contribution in [2.75, 3.05) is 6.54 Å². The van der Waals surface area contributed by atoms with E-state index in [1.165, 1.54) is 5.56 Å². The van der Waals surface area contributed by atoms with E-state index in [1.807, 2.05) is 23.1 Å². The van der Waals surface area contributed by atoms with E-state index in [1.54, 1.807) is 0 Å². The lowest BCUT2D eigenvalue weighted by Gasteiger charge is -2.24. The number of hydrogen-bond donors (Lipinski definition) is 0. The fourth-order valence-electron chi connectivity index (χ4n) is 2.20. The highest BCUT2D eigenvalue weighted by Gasteiger charge is 2.30. The Labute approximate surface area is 90.9 Å². The molecule has 80 valence electrons. The van der Waals surface area contributed by atoms with Gasteiger partial charge in [-0.25, -0.2) is 0 Å². The molecule has 0 bridgehead atoms. The maximum Gasteiger partial charge on any atom is 0.223 e. The zero-order valence-electron chi connectivity index (χ0n) is 9.31. The zero-order chi connectivity index (χ0) is 10.8. The molecule has 2 nitrogen and oxygen atoms in total. The van der Waals surface area contributed by atoms with Crippen LogP contribution in [0.15, 0.2) is 30.3 Å². The zero-order valence-corrected chi connectivity index (χ0v) is 9.31. The molecule has 1 aliphatic heterocycles. The number of rotatable bonds is 2. The van der Waals surface area contributed by atoms with Crippen LogP contribution in [-0.2, 0) is 4.79 Å². The minimum Gasteiger partial charge on any atom is -0.336 e. The van der Waals surface area contributed by atoms with Gasteiger partial charge >= 0.3 is 0 Å². The Morgan fingerprint density at radius 2 is 2.00 bits per heavy atom. The van der Waals surface area contributed by atoms with Crippen LogP contribution in [0.5, 0.6) is 0 Å². The normalized spacial score (nSPS) is 23.2. The van der Waals surface area contributed by atoms with E-state index in [9.17, 15) is 4.79 Å². The van der Waals surface area contributed by atoms with E-state index in [0.717, 1.165) is 6.54 Å². The molecule has 0 saturated carbocycles. The van der Waals surface area contributed by atoms with Crippen LogP contribution in [0.3, 0.4) is 0 Å². The number of carbonyl (C=O) groups is 1. The van der Waals surface area contributed by atoms with Crippen molar-refractivity contribution in [1.29, 1.82) is 0 Å². The van der Waals surface area contributed by atoms with Crippen LogP contribution in [0.2, 0.25) is 0 Å². The van der Waals surface area contributed by atoms with Gasteiger partial charge in [0, 0.05) is 13.0 Å². The summed E-state index contributed by atoms with van der Waals surface area (Å²) in [5, 5.41) is 0. The first-order valence-corrected chi connectivity index (χ1v) is 5.53. The smallest absolute Gasteiger partial charge is 0.223 e. The largest absolute Gasteiger partial charge is 0.336 e. The van der Waals surface area contributed by atoms with Crippen LogP contribution < -0.4 is 0 Å². The summed E-state index contributed by atoms with van der Waals surface area (Å²) < 4.78 is 0. The van der Waals surface area contributed by atoms with E-state index in [0.29, 0.717) is 18.2 Å². The van der Waals surface area contributed by atoms with Gasteiger partial charge in [-0.05, 0) is 18.4 Å². The Balaban J connectivity index is 2.15. The molecule has 15 heavy (non-hydrogen) atoms. The Kier molecular flexibility index (Phi) is 2.76. The van der Waals surface area contributed by atoms with Crippen molar-refractivity contribution in [3.05, 3.63) is 35.9 Å². The van der Waals surface area contributed by atoms with Crippen molar-refractivity contribution in [1.82, 2.24) is 4.90 Å². The Morgan fingerprint density at radius 3 is 2.53 bits per heavy atom. The second kappa shape index (κ2) is 4.05. The molecule has 0 spiro atoms. The van der Waals surface area contributed by atoms with Gasteiger partial charge in [-0.1, -0.05) is 37.3 Å². The van der Waals surface area contributed by atoms with Crippen LogP contribution in [0.1, 0.15) is 31.9 Å². The predicted molar refractivity (Wildman–Crippen MR) is 60.4 cm³/mol. The molecule has 1 aromatic rings. The summed E-state index contributed by atoms with van der Waals surface area (Å²) in [4.78, 5) is 13.7. The topological polar surface area (TPSA) is 20.3 Å². The Bertz CT molecular complexity index is 347. The molecule has 2 rings (SSSR count). The van der Waals surface area contributed by atoms with Crippen molar-refractivity contribution in [2.45, 2.75) is 26.3 Å². The minimum absolute atomic E-state index is 0.212. The number of nitrogens with zero attached hydrogens (tertiary/aromatic N) is 1. The summed E-state index contributed by atoms with van der Waals surface area (Å²) in [6, 6.07) is 10.4. The van der Waals surface area contributed by atoms with Gasteiger partial charge in [0.25, 0.3) is 0 Å². The van der Waals surface area contributed by atoms with E-state index in [-0.39, 0.29) is 6.04 Å². The second-order valence-corrected chi connectivity index (χ2v) is 4.44. The van der Waals surface area contributed by atoms with Crippen molar-refractivity contribution in [3.63, 3.8) is 0 Å². The van der Waals surface area contributed by atoms with Gasteiger partial charge in [-0.15, -0.1) is 0 Å². The summed E-state index contributed by atoms with van der Waals surface area (Å²) in [7, 11) is 0. The van der Waals surface area contributed by atoms with Crippen LogP contribution in [0.4, 0.5) is 0 Å². The maximum atomic E-state index is 11.7. The van der Waals surface area contributed by atoms with Crippen molar-refractivity contribution in [2.24, 2.45) is 5.92 Å². The third-order valence-corrected chi connectivity index (χ3v) is 3.10. The van der Waals surface area contributed by atoms with E-state index in [2.05, 4.69) is 26.0 Å². The molecule has 0 aromatic heterocycles. The van der Waals surface area contributed by atoms with Crippen LogP contribution >= 0.6 is 0 Å². The number of amides is 1. The molecule has 1 aromatic carbocycles. The monoisotopic (exact) mass is 203 g/mol. The third-order valence-electron chi connectivity index (χ3n) is 3.10. The molecule has 0 N–H and O–H groups in total.